The summed E-state index contributed by atoms with van der Waals surface area (Å²) in [7, 11) is -3.29. The fourth-order valence-electron chi connectivity index (χ4n) is 2.39. The molecule has 0 saturated carbocycles. The van der Waals surface area contributed by atoms with Gasteiger partial charge in [-0.1, -0.05) is 0 Å². The summed E-state index contributed by atoms with van der Waals surface area (Å²) in [5.74, 6) is 0.0150. The summed E-state index contributed by atoms with van der Waals surface area (Å²) in [5, 5.41) is 0. The lowest BCUT2D eigenvalue weighted by molar-refractivity contribution is 0.154. The fraction of sp³-hybridized carbons (Fsp3) is 0.714. The largest absolute Gasteiger partial charge is 0.367 e. The van der Waals surface area contributed by atoms with E-state index < -0.39 is 10.0 Å². The highest BCUT2D eigenvalue weighted by Gasteiger charge is 2.37. The maximum Gasteiger partial charge on any atom is 0.251 e. The topological polar surface area (TPSA) is 52.7 Å². The van der Waals surface area contributed by atoms with Crippen LogP contribution in [0.15, 0.2) is 23.7 Å². The van der Waals surface area contributed by atoms with Gasteiger partial charge in [0, 0.05) is 17.3 Å². The van der Waals surface area contributed by atoms with Gasteiger partial charge < -0.3 is 9.80 Å². The van der Waals surface area contributed by atoms with Crippen molar-refractivity contribution in [3.63, 3.8) is 0 Å². The Morgan fingerprint density at radius 3 is 2.20 bits per heavy atom. The molecule has 0 spiro atoms. The Morgan fingerprint density at radius 2 is 1.70 bits per heavy atom. The number of hydrogen-bond donors (Lipinski definition) is 1. The third-order valence-electron chi connectivity index (χ3n) is 3.61. The third-order valence-corrected chi connectivity index (χ3v) is 4.74. The molecule has 0 bridgehead atoms. The van der Waals surface area contributed by atoms with Gasteiger partial charge >= 0.3 is 0 Å². The molecular formula is C14H25N3O2S. The van der Waals surface area contributed by atoms with Crippen molar-refractivity contribution in [2.75, 3.05) is 12.4 Å². The second-order valence-electron chi connectivity index (χ2n) is 7.42. The van der Waals surface area contributed by atoms with Gasteiger partial charge in [0.25, 0.3) is 10.0 Å². The van der Waals surface area contributed by atoms with E-state index >= 15 is 0 Å². The van der Waals surface area contributed by atoms with E-state index in [9.17, 15) is 8.42 Å². The molecule has 0 unspecified atom stereocenters. The molecule has 2 aliphatic rings. The first-order valence-electron chi connectivity index (χ1n) is 6.86. The predicted molar refractivity (Wildman–Crippen MR) is 81.1 cm³/mol. The predicted octanol–water partition coefficient (Wildman–Crippen LogP) is 1.82. The van der Waals surface area contributed by atoms with Crippen LogP contribution in [0.25, 0.3) is 0 Å². The van der Waals surface area contributed by atoms with Gasteiger partial charge in [0.1, 0.15) is 5.88 Å². The Labute approximate surface area is 122 Å². The molecule has 2 aliphatic heterocycles. The number of nitrogens with zero attached hydrogens (tertiary/aromatic N) is 2. The number of rotatable bonds is 0. The summed E-state index contributed by atoms with van der Waals surface area (Å²) in [5.41, 5.74) is 1.52. The molecule has 0 atom stereocenters. The van der Waals surface area contributed by atoms with Crippen LogP contribution < -0.4 is 4.72 Å². The van der Waals surface area contributed by atoms with Gasteiger partial charge in [-0.05, 0) is 47.6 Å². The van der Waals surface area contributed by atoms with E-state index in [-0.39, 0.29) is 17.0 Å². The quantitative estimate of drug-likeness (QED) is 0.741. The molecule has 20 heavy (non-hydrogen) atoms. The van der Waals surface area contributed by atoms with Crippen LogP contribution in [-0.4, -0.2) is 41.7 Å². The minimum Gasteiger partial charge on any atom is -0.367 e. The van der Waals surface area contributed by atoms with E-state index in [2.05, 4.69) is 30.4 Å². The average molecular weight is 299 g/mol. The van der Waals surface area contributed by atoms with Crippen LogP contribution >= 0.6 is 0 Å². The molecule has 0 fully saturated rings. The molecular weight excluding hydrogens is 274 g/mol. The molecule has 0 aromatic carbocycles. The molecule has 5 nitrogen and oxygen atoms in total. The number of nitrogens with one attached hydrogen (secondary N) is 1. The SMILES string of the molecule is CC(C)(C)N1C=CC2=C(C1)N(C(C)(C)C)CS(=O)(=O)N2. The minimum absolute atomic E-state index is 0.00884. The standard InChI is InChI=1S/C14H25N3O2S/c1-13(2,3)16-8-7-11-12(9-16)17(14(4,5)6)10-20(18,19)15-11/h7-8,15H,9-10H2,1-6H3. The summed E-state index contributed by atoms with van der Waals surface area (Å²) in [6.45, 7) is 13.3. The third kappa shape index (κ3) is 2.95. The second-order valence-corrected chi connectivity index (χ2v) is 9.11. The van der Waals surface area contributed by atoms with Gasteiger partial charge in [0.15, 0.2) is 0 Å². The zero-order valence-corrected chi connectivity index (χ0v) is 14.0. The smallest absolute Gasteiger partial charge is 0.251 e. The summed E-state index contributed by atoms with van der Waals surface area (Å²) in [6, 6.07) is 0. The molecule has 1 N–H and O–H groups in total. The Morgan fingerprint density at radius 1 is 1.10 bits per heavy atom. The number of allylic oxidation sites excluding steroid dienone is 1. The Bertz CT molecular complexity index is 562. The van der Waals surface area contributed by atoms with E-state index in [1.807, 2.05) is 37.9 Å². The van der Waals surface area contributed by atoms with E-state index in [1.54, 1.807) is 0 Å². The van der Waals surface area contributed by atoms with Crippen LogP contribution in [0.2, 0.25) is 0 Å². The molecule has 0 amide bonds. The van der Waals surface area contributed by atoms with Crippen molar-refractivity contribution in [2.24, 2.45) is 0 Å². The summed E-state index contributed by atoms with van der Waals surface area (Å²) < 4.78 is 26.7. The van der Waals surface area contributed by atoms with Crippen molar-refractivity contribution in [1.29, 1.82) is 0 Å². The van der Waals surface area contributed by atoms with Gasteiger partial charge in [0.2, 0.25) is 0 Å². The lowest BCUT2D eigenvalue weighted by Crippen LogP contribution is -2.55. The van der Waals surface area contributed by atoms with Crippen LogP contribution in [0.5, 0.6) is 0 Å². The Hall–Kier alpha value is -1.17. The van der Waals surface area contributed by atoms with Crippen molar-refractivity contribution in [3.05, 3.63) is 23.7 Å². The highest BCUT2D eigenvalue weighted by atomic mass is 32.2. The van der Waals surface area contributed by atoms with Gasteiger partial charge in [-0.3, -0.25) is 4.72 Å². The maximum absolute atomic E-state index is 12.0. The van der Waals surface area contributed by atoms with Gasteiger partial charge in [-0.2, -0.15) is 0 Å². The molecule has 0 aliphatic carbocycles. The normalized spacial score (nSPS) is 22.7. The van der Waals surface area contributed by atoms with Crippen molar-refractivity contribution in [2.45, 2.75) is 52.6 Å². The lowest BCUT2D eigenvalue weighted by Gasteiger charge is -2.47. The zero-order valence-electron chi connectivity index (χ0n) is 13.2. The first-order valence-corrected chi connectivity index (χ1v) is 8.52. The lowest BCUT2D eigenvalue weighted by atomic mass is 10.0. The molecule has 114 valence electrons. The summed E-state index contributed by atoms with van der Waals surface area (Å²) in [4.78, 5) is 4.21. The van der Waals surface area contributed by atoms with Crippen LogP contribution in [0, 0.1) is 0 Å². The average Bonchev–Trinajstić information content (AvgIpc) is 2.23. The Balaban J connectivity index is 2.43. The van der Waals surface area contributed by atoms with Crippen molar-refractivity contribution in [1.82, 2.24) is 14.5 Å². The maximum atomic E-state index is 12.0. The molecule has 6 heteroatoms. The molecule has 0 radical (unpaired) electrons. The minimum atomic E-state index is -3.29. The molecule has 0 aromatic rings. The fourth-order valence-corrected chi connectivity index (χ4v) is 3.86. The van der Waals surface area contributed by atoms with Crippen molar-refractivity contribution in [3.8, 4) is 0 Å². The monoisotopic (exact) mass is 299 g/mol. The molecule has 2 heterocycles. The number of hydrogen-bond acceptors (Lipinski definition) is 4. The highest BCUT2D eigenvalue weighted by molar-refractivity contribution is 7.89. The zero-order chi connectivity index (χ0) is 15.3. The number of sulfonamides is 1. The summed E-state index contributed by atoms with van der Waals surface area (Å²) in [6.07, 6.45) is 3.83. The van der Waals surface area contributed by atoms with Crippen LogP contribution in [0.4, 0.5) is 0 Å². The van der Waals surface area contributed by atoms with Crippen molar-refractivity contribution < 1.29 is 8.42 Å². The van der Waals surface area contributed by atoms with Crippen LogP contribution in [0.1, 0.15) is 41.5 Å². The molecule has 0 saturated heterocycles. The van der Waals surface area contributed by atoms with Gasteiger partial charge in [-0.15, -0.1) is 0 Å². The first-order chi connectivity index (χ1) is 8.90. The summed E-state index contributed by atoms with van der Waals surface area (Å²) >= 11 is 0. The first kappa shape index (κ1) is 15.2. The highest BCUT2D eigenvalue weighted by Crippen LogP contribution is 2.31. The van der Waals surface area contributed by atoms with Gasteiger partial charge in [-0.25, -0.2) is 8.42 Å². The molecule has 2 rings (SSSR count). The van der Waals surface area contributed by atoms with E-state index in [0.717, 1.165) is 12.2 Å². The van der Waals surface area contributed by atoms with Gasteiger partial charge in [0.05, 0.1) is 17.9 Å². The van der Waals surface area contributed by atoms with E-state index in [0.29, 0.717) is 5.70 Å². The van der Waals surface area contributed by atoms with E-state index in [1.165, 1.54) is 0 Å². The molecule has 0 aromatic heterocycles. The van der Waals surface area contributed by atoms with Crippen LogP contribution in [-0.2, 0) is 10.0 Å². The van der Waals surface area contributed by atoms with Crippen LogP contribution in [0.3, 0.4) is 0 Å². The van der Waals surface area contributed by atoms with Crippen molar-refractivity contribution >= 4 is 10.0 Å². The van der Waals surface area contributed by atoms with E-state index in [4.69, 9.17) is 0 Å². The second kappa shape index (κ2) is 4.41. The Kier molecular flexibility index (Phi) is 3.36.